The van der Waals surface area contributed by atoms with Crippen LogP contribution in [0.1, 0.15) is 18.4 Å². The summed E-state index contributed by atoms with van der Waals surface area (Å²) in [6.07, 6.45) is 2.14. The van der Waals surface area contributed by atoms with E-state index in [1.165, 1.54) is 5.56 Å². The maximum absolute atomic E-state index is 12.1. The number of amides is 1. The number of nitrogens with zero attached hydrogens (tertiary/aromatic N) is 1. The third-order valence-electron chi connectivity index (χ3n) is 3.62. The van der Waals surface area contributed by atoms with Gasteiger partial charge in [-0.1, -0.05) is 30.3 Å². The summed E-state index contributed by atoms with van der Waals surface area (Å²) >= 11 is 0. The Kier molecular flexibility index (Phi) is 2.21. The van der Waals surface area contributed by atoms with E-state index in [-0.39, 0.29) is 11.4 Å². The van der Waals surface area contributed by atoms with Gasteiger partial charge in [-0.05, 0) is 24.9 Å². The van der Waals surface area contributed by atoms with Crippen LogP contribution in [0, 0.1) is 0 Å². The van der Waals surface area contributed by atoms with E-state index in [0.717, 1.165) is 32.5 Å². The fraction of sp³-hybridized carbons (Fsp3) is 0.462. The molecule has 3 rings (SSSR count). The summed E-state index contributed by atoms with van der Waals surface area (Å²) in [4.78, 5) is 14.0. The van der Waals surface area contributed by atoms with Gasteiger partial charge in [0.1, 0.15) is 5.54 Å². The highest BCUT2D eigenvalue weighted by atomic mass is 16.2. The minimum atomic E-state index is -0.186. The van der Waals surface area contributed by atoms with Gasteiger partial charge in [-0.25, -0.2) is 0 Å². The minimum Gasteiger partial charge on any atom is -0.334 e. The topological polar surface area (TPSA) is 32.3 Å². The SMILES string of the molecule is O=C1N(Cc2ccccc2)C[C@]12CCCN2. The van der Waals surface area contributed by atoms with Crippen LogP contribution >= 0.6 is 0 Å². The molecule has 1 atom stereocenters. The van der Waals surface area contributed by atoms with Crippen molar-refractivity contribution in [3.63, 3.8) is 0 Å². The monoisotopic (exact) mass is 216 g/mol. The fourth-order valence-corrected chi connectivity index (χ4v) is 2.73. The first kappa shape index (κ1) is 9.85. The standard InChI is InChI=1S/C13H16N2O/c16-12-13(7-4-8-14-13)10-15(12)9-11-5-2-1-3-6-11/h1-3,5-6,14H,4,7-10H2/t13-/m1/s1. The van der Waals surface area contributed by atoms with Crippen LogP contribution in [0.5, 0.6) is 0 Å². The predicted octanol–water partition coefficient (Wildman–Crippen LogP) is 1.15. The molecule has 0 aliphatic carbocycles. The molecule has 2 aliphatic rings. The molecule has 84 valence electrons. The van der Waals surface area contributed by atoms with E-state index in [4.69, 9.17) is 0 Å². The summed E-state index contributed by atoms with van der Waals surface area (Å²) < 4.78 is 0. The van der Waals surface area contributed by atoms with E-state index < -0.39 is 0 Å². The van der Waals surface area contributed by atoms with Gasteiger partial charge in [0, 0.05) is 13.1 Å². The summed E-state index contributed by atoms with van der Waals surface area (Å²) in [5.74, 6) is 0.286. The van der Waals surface area contributed by atoms with Crippen molar-refractivity contribution < 1.29 is 4.79 Å². The Hall–Kier alpha value is -1.35. The highest BCUT2D eigenvalue weighted by Gasteiger charge is 2.52. The average Bonchev–Trinajstić information content (AvgIpc) is 2.81. The maximum Gasteiger partial charge on any atom is 0.245 e. The zero-order valence-corrected chi connectivity index (χ0v) is 9.28. The minimum absolute atomic E-state index is 0.186. The molecule has 3 heteroatoms. The van der Waals surface area contributed by atoms with Crippen molar-refractivity contribution in [3.05, 3.63) is 35.9 Å². The summed E-state index contributed by atoms with van der Waals surface area (Å²) in [5.41, 5.74) is 1.03. The normalized spacial score (nSPS) is 28.5. The number of rotatable bonds is 2. The molecular formula is C13H16N2O. The van der Waals surface area contributed by atoms with Crippen LogP contribution in [0.25, 0.3) is 0 Å². The lowest BCUT2D eigenvalue weighted by Crippen LogP contribution is -2.70. The van der Waals surface area contributed by atoms with Crippen molar-refractivity contribution in [2.75, 3.05) is 13.1 Å². The van der Waals surface area contributed by atoms with E-state index in [2.05, 4.69) is 17.4 Å². The number of hydrogen-bond donors (Lipinski definition) is 1. The average molecular weight is 216 g/mol. The second kappa shape index (κ2) is 3.59. The largest absolute Gasteiger partial charge is 0.334 e. The van der Waals surface area contributed by atoms with Gasteiger partial charge in [-0.2, -0.15) is 0 Å². The highest BCUT2D eigenvalue weighted by molar-refractivity contribution is 5.93. The highest BCUT2D eigenvalue weighted by Crippen LogP contribution is 2.32. The van der Waals surface area contributed by atoms with Gasteiger partial charge in [0.05, 0.1) is 0 Å². The first-order chi connectivity index (χ1) is 7.80. The molecule has 0 radical (unpaired) electrons. The third kappa shape index (κ3) is 1.43. The number of β-lactam (4-membered cyclic amide) rings is 1. The number of hydrogen-bond acceptors (Lipinski definition) is 2. The van der Waals surface area contributed by atoms with Gasteiger partial charge in [-0.3, -0.25) is 4.79 Å². The molecule has 0 unspecified atom stereocenters. The zero-order valence-electron chi connectivity index (χ0n) is 9.28. The fourth-order valence-electron chi connectivity index (χ4n) is 2.73. The molecule has 2 aliphatic heterocycles. The molecular weight excluding hydrogens is 200 g/mol. The molecule has 1 N–H and O–H groups in total. The van der Waals surface area contributed by atoms with Gasteiger partial charge < -0.3 is 10.2 Å². The van der Waals surface area contributed by atoms with Crippen molar-refractivity contribution in [1.82, 2.24) is 10.2 Å². The van der Waals surface area contributed by atoms with Gasteiger partial charge in [0.25, 0.3) is 0 Å². The summed E-state index contributed by atoms with van der Waals surface area (Å²) in [6, 6.07) is 10.2. The first-order valence-electron chi connectivity index (χ1n) is 5.89. The van der Waals surface area contributed by atoms with Crippen LogP contribution in [0.4, 0.5) is 0 Å². The van der Waals surface area contributed by atoms with Crippen LogP contribution in [0.2, 0.25) is 0 Å². The first-order valence-corrected chi connectivity index (χ1v) is 5.89. The summed E-state index contributed by atoms with van der Waals surface area (Å²) in [6.45, 7) is 2.62. The van der Waals surface area contributed by atoms with E-state index in [1.54, 1.807) is 0 Å². The molecule has 0 aromatic heterocycles. The smallest absolute Gasteiger partial charge is 0.245 e. The van der Waals surface area contributed by atoms with Crippen molar-refractivity contribution in [3.8, 4) is 0 Å². The molecule has 3 nitrogen and oxygen atoms in total. The van der Waals surface area contributed by atoms with Gasteiger partial charge >= 0.3 is 0 Å². The molecule has 16 heavy (non-hydrogen) atoms. The number of carbonyl (C=O) groups is 1. The molecule has 1 aromatic carbocycles. The number of carbonyl (C=O) groups excluding carboxylic acids is 1. The van der Waals surface area contributed by atoms with Crippen molar-refractivity contribution in [2.24, 2.45) is 0 Å². The van der Waals surface area contributed by atoms with Crippen molar-refractivity contribution in [2.45, 2.75) is 24.9 Å². The lowest BCUT2D eigenvalue weighted by Gasteiger charge is -2.46. The van der Waals surface area contributed by atoms with Gasteiger partial charge in [-0.15, -0.1) is 0 Å². The Balaban J connectivity index is 1.66. The molecule has 1 spiro atoms. The second-order valence-corrected chi connectivity index (χ2v) is 4.76. The molecule has 0 bridgehead atoms. The van der Waals surface area contributed by atoms with Crippen LogP contribution in [0.15, 0.2) is 30.3 Å². The third-order valence-corrected chi connectivity index (χ3v) is 3.62. The Bertz CT molecular complexity index is 396. The Morgan fingerprint density at radius 2 is 2.12 bits per heavy atom. The molecule has 2 heterocycles. The zero-order chi connectivity index (χ0) is 11.0. The van der Waals surface area contributed by atoms with Crippen molar-refractivity contribution in [1.29, 1.82) is 0 Å². The van der Waals surface area contributed by atoms with E-state index in [1.807, 2.05) is 23.1 Å². The van der Waals surface area contributed by atoms with E-state index in [9.17, 15) is 4.79 Å². The molecule has 0 saturated carbocycles. The quantitative estimate of drug-likeness (QED) is 0.752. The van der Waals surface area contributed by atoms with Gasteiger partial charge in [0.2, 0.25) is 5.91 Å². The predicted molar refractivity (Wildman–Crippen MR) is 61.8 cm³/mol. The number of nitrogens with one attached hydrogen (secondary N) is 1. The van der Waals surface area contributed by atoms with E-state index >= 15 is 0 Å². The molecule has 1 aromatic rings. The summed E-state index contributed by atoms with van der Waals surface area (Å²) in [7, 11) is 0. The Morgan fingerprint density at radius 3 is 2.75 bits per heavy atom. The van der Waals surface area contributed by atoms with Crippen LogP contribution in [-0.2, 0) is 11.3 Å². The Labute approximate surface area is 95.4 Å². The van der Waals surface area contributed by atoms with Crippen LogP contribution in [0.3, 0.4) is 0 Å². The molecule has 2 fully saturated rings. The molecule has 2 saturated heterocycles. The van der Waals surface area contributed by atoms with Crippen LogP contribution in [-0.4, -0.2) is 29.4 Å². The second-order valence-electron chi connectivity index (χ2n) is 4.76. The van der Waals surface area contributed by atoms with Crippen molar-refractivity contribution >= 4 is 5.91 Å². The lowest BCUT2D eigenvalue weighted by molar-refractivity contribution is -0.153. The lowest BCUT2D eigenvalue weighted by atomic mass is 9.86. The maximum atomic E-state index is 12.1. The number of likely N-dealkylation sites (tertiary alicyclic amines) is 1. The van der Waals surface area contributed by atoms with E-state index in [0.29, 0.717) is 0 Å². The van der Waals surface area contributed by atoms with Gasteiger partial charge in [0.15, 0.2) is 0 Å². The Morgan fingerprint density at radius 1 is 1.31 bits per heavy atom. The molecule has 1 amide bonds. The van der Waals surface area contributed by atoms with Crippen LogP contribution < -0.4 is 5.32 Å². The summed E-state index contributed by atoms with van der Waals surface area (Å²) in [5, 5.41) is 3.34. The number of benzene rings is 1.